The minimum Gasteiger partial charge on any atom is -0.353 e. The summed E-state index contributed by atoms with van der Waals surface area (Å²) in [6.45, 7) is 7.95. The Hall–Kier alpha value is -2.40. The Morgan fingerprint density at radius 2 is 1.96 bits per heavy atom. The minimum atomic E-state index is 0.0582. The second-order valence-corrected chi connectivity index (χ2v) is 6.22. The lowest BCUT2D eigenvalue weighted by molar-refractivity contribution is 0.0773. The van der Waals surface area contributed by atoms with E-state index in [2.05, 4.69) is 39.5 Å². The minimum absolute atomic E-state index is 0.0582. The second kappa shape index (κ2) is 8.12. The van der Waals surface area contributed by atoms with E-state index < -0.39 is 0 Å². The fraction of sp³-hybridized carbons (Fsp3) is 0.400. The van der Waals surface area contributed by atoms with E-state index in [4.69, 9.17) is 0 Å². The van der Waals surface area contributed by atoms with Gasteiger partial charge in [0, 0.05) is 45.0 Å². The lowest BCUT2D eigenvalue weighted by Gasteiger charge is -2.36. The summed E-state index contributed by atoms with van der Waals surface area (Å²) in [5, 5.41) is 3.56. The van der Waals surface area contributed by atoms with Crippen molar-refractivity contribution in [2.24, 2.45) is 0 Å². The van der Waals surface area contributed by atoms with Gasteiger partial charge in [0.15, 0.2) is 0 Å². The lowest BCUT2D eigenvalue weighted by atomic mass is 10.0. The van der Waals surface area contributed by atoms with E-state index in [0.29, 0.717) is 18.7 Å². The van der Waals surface area contributed by atoms with Crippen LogP contribution in [-0.4, -0.2) is 48.5 Å². The summed E-state index contributed by atoms with van der Waals surface area (Å²) in [7, 11) is 0. The molecule has 0 spiro atoms. The summed E-state index contributed by atoms with van der Waals surface area (Å²) in [4.78, 5) is 21.5. The molecule has 1 N–H and O–H groups in total. The third-order valence-electron chi connectivity index (χ3n) is 4.74. The van der Waals surface area contributed by atoms with Gasteiger partial charge in [-0.2, -0.15) is 0 Å². The molecule has 25 heavy (non-hydrogen) atoms. The molecule has 1 atom stereocenters. The van der Waals surface area contributed by atoms with Gasteiger partial charge in [-0.25, -0.2) is 4.98 Å². The number of hydrogen-bond acceptors (Lipinski definition) is 4. The Kier molecular flexibility index (Phi) is 5.66. The van der Waals surface area contributed by atoms with Crippen molar-refractivity contribution in [3.8, 4) is 0 Å². The van der Waals surface area contributed by atoms with Gasteiger partial charge in [0.25, 0.3) is 5.91 Å². The summed E-state index contributed by atoms with van der Waals surface area (Å²) < 4.78 is 0. The normalized spacial score (nSPS) is 17.4. The molecule has 0 bridgehead atoms. The number of nitrogens with zero attached hydrogens (tertiary/aromatic N) is 3. The smallest absolute Gasteiger partial charge is 0.257 e. The van der Waals surface area contributed by atoms with E-state index in [1.54, 1.807) is 6.20 Å². The van der Waals surface area contributed by atoms with Crippen LogP contribution in [0.2, 0.25) is 0 Å². The van der Waals surface area contributed by atoms with Crippen molar-refractivity contribution in [1.82, 2.24) is 15.2 Å². The van der Waals surface area contributed by atoms with Crippen LogP contribution >= 0.6 is 0 Å². The maximum absolute atomic E-state index is 12.9. The van der Waals surface area contributed by atoms with Crippen LogP contribution in [0, 0.1) is 0 Å². The molecule has 0 saturated carbocycles. The Labute approximate surface area is 149 Å². The van der Waals surface area contributed by atoms with Crippen molar-refractivity contribution in [2.45, 2.75) is 19.9 Å². The number of nitrogens with one attached hydrogen (secondary N) is 1. The molecule has 1 fully saturated rings. The zero-order chi connectivity index (χ0) is 17.6. The largest absolute Gasteiger partial charge is 0.353 e. The van der Waals surface area contributed by atoms with Gasteiger partial charge >= 0.3 is 0 Å². The standard InChI is InChI=1S/C20H26N4O/c1-3-23(4-2)20(25)17-11-8-12-22-19(17)24-14-13-21-18(15-24)16-9-6-5-7-10-16/h5-12,18,21H,3-4,13-15H2,1-2H3. The number of hydrogen-bond donors (Lipinski definition) is 1. The number of amides is 1. The highest BCUT2D eigenvalue weighted by Gasteiger charge is 2.26. The fourth-order valence-electron chi connectivity index (χ4n) is 3.35. The molecule has 0 radical (unpaired) electrons. The molecule has 2 heterocycles. The highest BCUT2D eigenvalue weighted by atomic mass is 16.2. The summed E-state index contributed by atoms with van der Waals surface area (Å²) in [6.07, 6.45) is 1.77. The van der Waals surface area contributed by atoms with Crippen LogP contribution < -0.4 is 10.2 Å². The summed E-state index contributed by atoms with van der Waals surface area (Å²) in [6, 6.07) is 14.4. The first kappa shape index (κ1) is 17.4. The highest BCUT2D eigenvalue weighted by Crippen LogP contribution is 2.24. The topological polar surface area (TPSA) is 48.5 Å². The van der Waals surface area contributed by atoms with Crippen molar-refractivity contribution >= 4 is 11.7 Å². The first-order valence-electron chi connectivity index (χ1n) is 9.02. The van der Waals surface area contributed by atoms with Crippen molar-refractivity contribution < 1.29 is 4.79 Å². The molecule has 5 heteroatoms. The Morgan fingerprint density at radius 3 is 2.68 bits per heavy atom. The van der Waals surface area contributed by atoms with Gasteiger partial charge in [-0.3, -0.25) is 4.79 Å². The quantitative estimate of drug-likeness (QED) is 0.911. The number of pyridine rings is 1. The molecular formula is C20H26N4O. The van der Waals surface area contributed by atoms with Crippen molar-refractivity contribution in [2.75, 3.05) is 37.6 Å². The molecule has 1 unspecified atom stereocenters. The third kappa shape index (κ3) is 3.82. The third-order valence-corrected chi connectivity index (χ3v) is 4.74. The average molecular weight is 338 g/mol. The molecule has 2 aromatic rings. The van der Waals surface area contributed by atoms with Crippen LogP contribution in [0.1, 0.15) is 35.8 Å². The van der Waals surface area contributed by atoms with Crippen LogP contribution in [0.5, 0.6) is 0 Å². The molecule has 3 rings (SSSR count). The Morgan fingerprint density at radius 1 is 1.20 bits per heavy atom. The maximum Gasteiger partial charge on any atom is 0.257 e. The number of anilines is 1. The van der Waals surface area contributed by atoms with Crippen molar-refractivity contribution in [3.05, 3.63) is 59.8 Å². The summed E-state index contributed by atoms with van der Waals surface area (Å²) >= 11 is 0. The van der Waals surface area contributed by atoms with Gasteiger partial charge < -0.3 is 15.1 Å². The van der Waals surface area contributed by atoms with E-state index in [9.17, 15) is 4.79 Å². The molecule has 1 amide bonds. The number of carbonyl (C=O) groups excluding carboxylic acids is 1. The van der Waals surface area contributed by atoms with Gasteiger partial charge in [-0.15, -0.1) is 0 Å². The maximum atomic E-state index is 12.9. The van der Waals surface area contributed by atoms with E-state index >= 15 is 0 Å². The van der Waals surface area contributed by atoms with Gasteiger partial charge in [0.05, 0.1) is 5.56 Å². The SMILES string of the molecule is CCN(CC)C(=O)c1cccnc1N1CCNC(c2ccccc2)C1. The van der Waals surface area contributed by atoms with Gasteiger partial charge in [0.1, 0.15) is 5.82 Å². The van der Waals surface area contributed by atoms with Crippen molar-refractivity contribution in [3.63, 3.8) is 0 Å². The van der Waals surface area contributed by atoms with E-state index in [-0.39, 0.29) is 11.9 Å². The molecule has 1 saturated heterocycles. The van der Waals surface area contributed by atoms with Crippen LogP contribution in [0.25, 0.3) is 0 Å². The van der Waals surface area contributed by atoms with Crippen molar-refractivity contribution in [1.29, 1.82) is 0 Å². The molecule has 5 nitrogen and oxygen atoms in total. The van der Waals surface area contributed by atoms with Crippen LogP contribution in [-0.2, 0) is 0 Å². The fourth-order valence-corrected chi connectivity index (χ4v) is 3.35. The summed E-state index contributed by atoms with van der Waals surface area (Å²) in [5.74, 6) is 0.852. The van der Waals surface area contributed by atoms with Gasteiger partial charge in [0.2, 0.25) is 0 Å². The van der Waals surface area contributed by atoms with Crippen LogP contribution in [0.3, 0.4) is 0 Å². The van der Waals surface area contributed by atoms with E-state index in [1.165, 1.54) is 5.56 Å². The molecule has 1 aliphatic heterocycles. The van der Waals surface area contributed by atoms with E-state index in [1.807, 2.05) is 36.9 Å². The average Bonchev–Trinajstić information content (AvgIpc) is 2.69. The molecule has 1 aromatic heterocycles. The monoisotopic (exact) mass is 338 g/mol. The predicted octanol–water partition coefficient (Wildman–Crippen LogP) is 2.71. The number of aromatic nitrogens is 1. The number of rotatable bonds is 5. The van der Waals surface area contributed by atoms with Crippen LogP contribution in [0.4, 0.5) is 5.82 Å². The molecular weight excluding hydrogens is 312 g/mol. The number of piperazine rings is 1. The highest BCUT2D eigenvalue weighted by molar-refractivity contribution is 5.98. The molecule has 1 aliphatic rings. The number of benzene rings is 1. The number of carbonyl (C=O) groups is 1. The molecule has 0 aliphatic carbocycles. The molecule has 132 valence electrons. The Balaban J connectivity index is 1.85. The lowest BCUT2D eigenvalue weighted by Crippen LogP contribution is -2.47. The first-order chi connectivity index (χ1) is 12.2. The summed E-state index contributed by atoms with van der Waals surface area (Å²) in [5.41, 5.74) is 1.96. The van der Waals surface area contributed by atoms with Gasteiger partial charge in [-0.1, -0.05) is 30.3 Å². The zero-order valence-corrected chi connectivity index (χ0v) is 15.0. The second-order valence-electron chi connectivity index (χ2n) is 6.22. The van der Waals surface area contributed by atoms with Gasteiger partial charge in [-0.05, 0) is 31.5 Å². The van der Waals surface area contributed by atoms with Crippen LogP contribution in [0.15, 0.2) is 48.7 Å². The first-order valence-corrected chi connectivity index (χ1v) is 9.02. The Bertz CT molecular complexity index is 700. The van der Waals surface area contributed by atoms with E-state index in [0.717, 1.165) is 25.5 Å². The molecule has 1 aromatic carbocycles. The predicted molar refractivity (Wildman–Crippen MR) is 101 cm³/mol. The zero-order valence-electron chi connectivity index (χ0n) is 15.0.